The van der Waals surface area contributed by atoms with Gasteiger partial charge in [-0.3, -0.25) is 4.79 Å². The molecule has 0 spiro atoms. The van der Waals surface area contributed by atoms with Crippen LogP contribution < -0.4 is 10.1 Å². The predicted molar refractivity (Wildman–Crippen MR) is 89.0 cm³/mol. The van der Waals surface area contributed by atoms with Gasteiger partial charge >= 0.3 is 0 Å². The lowest BCUT2D eigenvalue weighted by Gasteiger charge is -2.27. The smallest absolute Gasteiger partial charge is 0.255 e. The first kappa shape index (κ1) is 15.4. The van der Waals surface area contributed by atoms with Crippen LogP contribution in [0.4, 0.5) is 0 Å². The molecular weight excluding hydrogens is 290 g/mol. The maximum absolute atomic E-state index is 12.5. The second-order valence-corrected chi connectivity index (χ2v) is 5.92. The first-order valence-electron chi connectivity index (χ1n) is 7.87. The van der Waals surface area contributed by atoms with Gasteiger partial charge in [0.15, 0.2) is 0 Å². The van der Waals surface area contributed by atoms with Gasteiger partial charge in [0.2, 0.25) is 0 Å². The molecule has 0 aromatic heterocycles. The number of phenols is 1. The first-order chi connectivity index (χ1) is 11.1. The molecule has 0 saturated heterocycles. The Kier molecular flexibility index (Phi) is 4.24. The lowest BCUT2D eigenvalue weighted by molar-refractivity contribution is 0.0929. The minimum absolute atomic E-state index is 0.0478. The lowest BCUT2D eigenvalue weighted by Crippen LogP contribution is -2.31. The van der Waals surface area contributed by atoms with Crippen molar-refractivity contribution in [2.45, 2.75) is 32.2 Å². The minimum Gasteiger partial charge on any atom is -0.507 e. The summed E-state index contributed by atoms with van der Waals surface area (Å²) in [6.07, 6.45) is 2.85. The highest BCUT2D eigenvalue weighted by Crippen LogP contribution is 2.35. The molecule has 3 rings (SSSR count). The molecule has 4 nitrogen and oxygen atoms in total. The second-order valence-electron chi connectivity index (χ2n) is 5.92. The Morgan fingerprint density at radius 1 is 1.26 bits per heavy atom. The number of fused-ring (bicyclic) bond motifs is 1. The van der Waals surface area contributed by atoms with Crippen molar-refractivity contribution in [2.75, 3.05) is 7.11 Å². The number of rotatable bonds is 3. The number of amides is 1. The molecule has 0 heterocycles. The molecular formula is C19H21NO3. The number of aryl methyl sites for hydroxylation is 1. The van der Waals surface area contributed by atoms with E-state index in [-0.39, 0.29) is 17.7 Å². The predicted octanol–water partition coefficient (Wildman–Crippen LogP) is 3.52. The van der Waals surface area contributed by atoms with E-state index in [9.17, 15) is 9.90 Å². The molecule has 0 saturated carbocycles. The highest BCUT2D eigenvalue weighted by molar-refractivity contribution is 5.97. The summed E-state index contributed by atoms with van der Waals surface area (Å²) in [4.78, 5) is 12.5. The summed E-state index contributed by atoms with van der Waals surface area (Å²) >= 11 is 0. The van der Waals surface area contributed by atoms with E-state index in [0.29, 0.717) is 11.1 Å². The van der Waals surface area contributed by atoms with Gasteiger partial charge in [-0.2, -0.15) is 0 Å². The Hall–Kier alpha value is -2.49. The van der Waals surface area contributed by atoms with E-state index in [1.807, 2.05) is 18.2 Å². The van der Waals surface area contributed by atoms with Crippen molar-refractivity contribution >= 4 is 5.91 Å². The summed E-state index contributed by atoms with van der Waals surface area (Å²) in [5, 5.41) is 13.2. The fraction of sp³-hybridized carbons (Fsp3) is 0.316. The third-order valence-corrected chi connectivity index (χ3v) is 4.47. The molecule has 2 aromatic rings. The number of aromatic hydroxyl groups is 1. The Morgan fingerprint density at radius 3 is 2.83 bits per heavy atom. The standard InChI is InChI=1S/C19H21NO3/c1-12-6-3-9-15(18(12)21)19(22)20-16-10-4-8-14-13(16)7-5-11-17(14)23-2/h3,5-7,9,11,16,21H,4,8,10H2,1-2H3,(H,20,22). The highest BCUT2D eigenvalue weighted by atomic mass is 16.5. The van der Waals surface area contributed by atoms with Crippen LogP contribution in [0.3, 0.4) is 0 Å². The van der Waals surface area contributed by atoms with Crippen LogP contribution in [0.15, 0.2) is 36.4 Å². The Morgan fingerprint density at radius 2 is 2.04 bits per heavy atom. The van der Waals surface area contributed by atoms with Crippen LogP contribution in [-0.4, -0.2) is 18.1 Å². The lowest BCUT2D eigenvalue weighted by atomic mass is 9.87. The Bertz CT molecular complexity index is 739. The van der Waals surface area contributed by atoms with E-state index in [4.69, 9.17) is 4.74 Å². The van der Waals surface area contributed by atoms with Gasteiger partial charge in [-0.05, 0) is 55.0 Å². The van der Waals surface area contributed by atoms with Gasteiger partial charge < -0.3 is 15.2 Å². The van der Waals surface area contributed by atoms with Crippen molar-refractivity contribution in [2.24, 2.45) is 0 Å². The number of ether oxygens (including phenoxy) is 1. The zero-order chi connectivity index (χ0) is 16.4. The van der Waals surface area contributed by atoms with Gasteiger partial charge in [0.05, 0.1) is 18.7 Å². The molecule has 0 aliphatic heterocycles. The molecule has 0 fully saturated rings. The van der Waals surface area contributed by atoms with Crippen molar-refractivity contribution in [1.82, 2.24) is 5.32 Å². The van der Waals surface area contributed by atoms with E-state index in [0.717, 1.165) is 30.6 Å². The molecule has 1 aliphatic rings. The zero-order valence-corrected chi connectivity index (χ0v) is 13.4. The highest BCUT2D eigenvalue weighted by Gasteiger charge is 2.25. The molecule has 1 atom stereocenters. The molecule has 4 heteroatoms. The number of hydrogen-bond acceptors (Lipinski definition) is 3. The molecule has 0 radical (unpaired) electrons. The van der Waals surface area contributed by atoms with Crippen molar-refractivity contribution in [3.8, 4) is 11.5 Å². The molecule has 120 valence electrons. The number of nitrogens with one attached hydrogen (secondary N) is 1. The normalized spacial score (nSPS) is 16.5. The van der Waals surface area contributed by atoms with Gasteiger partial charge in [0.1, 0.15) is 11.5 Å². The summed E-state index contributed by atoms with van der Waals surface area (Å²) in [7, 11) is 1.67. The topological polar surface area (TPSA) is 58.6 Å². The van der Waals surface area contributed by atoms with Crippen molar-refractivity contribution in [1.29, 1.82) is 0 Å². The fourth-order valence-corrected chi connectivity index (χ4v) is 3.23. The van der Waals surface area contributed by atoms with Crippen LogP contribution >= 0.6 is 0 Å². The maximum atomic E-state index is 12.5. The maximum Gasteiger partial charge on any atom is 0.255 e. The zero-order valence-electron chi connectivity index (χ0n) is 13.4. The van der Waals surface area contributed by atoms with Crippen LogP contribution in [0.25, 0.3) is 0 Å². The van der Waals surface area contributed by atoms with E-state index in [1.165, 1.54) is 5.56 Å². The van der Waals surface area contributed by atoms with E-state index < -0.39 is 0 Å². The second kappa shape index (κ2) is 6.32. The molecule has 2 N–H and O–H groups in total. The van der Waals surface area contributed by atoms with Gasteiger partial charge in [-0.15, -0.1) is 0 Å². The van der Waals surface area contributed by atoms with Crippen LogP contribution in [0.5, 0.6) is 11.5 Å². The third-order valence-electron chi connectivity index (χ3n) is 4.47. The van der Waals surface area contributed by atoms with Gasteiger partial charge in [-0.25, -0.2) is 0 Å². The molecule has 2 aromatic carbocycles. The molecule has 1 aliphatic carbocycles. The van der Waals surface area contributed by atoms with Crippen LogP contribution in [0.1, 0.15) is 45.9 Å². The van der Waals surface area contributed by atoms with Crippen LogP contribution in [-0.2, 0) is 6.42 Å². The number of phenolic OH excluding ortho intramolecular Hbond substituents is 1. The van der Waals surface area contributed by atoms with Gasteiger partial charge in [-0.1, -0.05) is 24.3 Å². The van der Waals surface area contributed by atoms with Crippen LogP contribution in [0, 0.1) is 6.92 Å². The van der Waals surface area contributed by atoms with Crippen molar-refractivity contribution in [3.05, 3.63) is 58.7 Å². The van der Waals surface area contributed by atoms with Crippen molar-refractivity contribution in [3.63, 3.8) is 0 Å². The largest absolute Gasteiger partial charge is 0.507 e. The summed E-state index contributed by atoms with van der Waals surface area (Å²) < 4.78 is 5.43. The van der Waals surface area contributed by atoms with Gasteiger partial charge in [0, 0.05) is 0 Å². The molecule has 1 amide bonds. The summed E-state index contributed by atoms with van der Waals surface area (Å²) in [5.74, 6) is 0.679. The number of carbonyl (C=O) groups excluding carboxylic acids is 1. The number of methoxy groups -OCH3 is 1. The average Bonchev–Trinajstić information content (AvgIpc) is 2.57. The van der Waals surface area contributed by atoms with Crippen LogP contribution in [0.2, 0.25) is 0 Å². The first-order valence-corrected chi connectivity index (χ1v) is 7.87. The monoisotopic (exact) mass is 311 g/mol. The Labute approximate surface area is 136 Å². The van der Waals surface area contributed by atoms with Gasteiger partial charge in [0.25, 0.3) is 5.91 Å². The fourth-order valence-electron chi connectivity index (χ4n) is 3.23. The third kappa shape index (κ3) is 2.89. The minimum atomic E-state index is -0.244. The van der Waals surface area contributed by atoms with E-state index in [2.05, 4.69) is 5.32 Å². The molecule has 1 unspecified atom stereocenters. The van der Waals surface area contributed by atoms with E-state index in [1.54, 1.807) is 32.2 Å². The number of carbonyl (C=O) groups is 1. The van der Waals surface area contributed by atoms with Crippen molar-refractivity contribution < 1.29 is 14.6 Å². The number of hydrogen-bond donors (Lipinski definition) is 2. The quantitative estimate of drug-likeness (QED) is 0.912. The average molecular weight is 311 g/mol. The Balaban J connectivity index is 1.88. The summed E-state index contributed by atoms with van der Waals surface area (Å²) in [5.41, 5.74) is 3.29. The SMILES string of the molecule is COc1cccc2c1CCCC2NC(=O)c1cccc(C)c1O. The number of benzene rings is 2. The number of para-hydroxylation sites is 1. The van der Waals surface area contributed by atoms with E-state index >= 15 is 0 Å². The molecule has 0 bridgehead atoms. The summed E-state index contributed by atoms with van der Waals surface area (Å²) in [6.45, 7) is 1.78. The molecule has 23 heavy (non-hydrogen) atoms. The summed E-state index contributed by atoms with van der Waals surface area (Å²) in [6, 6.07) is 11.1.